The summed E-state index contributed by atoms with van der Waals surface area (Å²) in [4.78, 5) is 0.829. The zero-order valence-corrected chi connectivity index (χ0v) is 5.57. The molecule has 0 aliphatic heterocycles. The SMILES string of the molecule is CC(C)c1cnn(O)c1. The summed E-state index contributed by atoms with van der Waals surface area (Å²) in [5, 5.41) is 12.3. The summed E-state index contributed by atoms with van der Waals surface area (Å²) in [6, 6.07) is 0. The van der Waals surface area contributed by atoms with Gasteiger partial charge in [0.15, 0.2) is 0 Å². The van der Waals surface area contributed by atoms with Crippen LogP contribution in [0, 0.1) is 0 Å². The molecule has 1 rings (SSSR count). The third kappa shape index (κ3) is 1.22. The average Bonchev–Trinajstić information content (AvgIpc) is 2.14. The van der Waals surface area contributed by atoms with Gasteiger partial charge in [-0.05, 0) is 11.5 Å². The van der Waals surface area contributed by atoms with Crippen LogP contribution in [0.4, 0.5) is 0 Å². The monoisotopic (exact) mass is 126 g/mol. The van der Waals surface area contributed by atoms with E-state index in [1.165, 1.54) is 0 Å². The fourth-order valence-corrected chi connectivity index (χ4v) is 0.624. The lowest BCUT2D eigenvalue weighted by molar-refractivity contribution is 0.148. The predicted molar refractivity (Wildman–Crippen MR) is 33.5 cm³/mol. The first kappa shape index (κ1) is 6.13. The smallest absolute Gasteiger partial charge is 0.0698 e. The van der Waals surface area contributed by atoms with Gasteiger partial charge in [-0.25, -0.2) is 0 Å². The summed E-state index contributed by atoms with van der Waals surface area (Å²) < 4.78 is 0. The van der Waals surface area contributed by atoms with Gasteiger partial charge in [0.05, 0.1) is 12.4 Å². The molecule has 0 saturated carbocycles. The van der Waals surface area contributed by atoms with Crippen molar-refractivity contribution in [1.29, 1.82) is 0 Å². The van der Waals surface area contributed by atoms with Crippen molar-refractivity contribution >= 4 is 0 Å². The van der Waals surface area contributed by atoms with Crippen molar-refractivity contribution in [3.05, 3.63) is 18.0 Å². The number of hydrogen-bond donors (Lipinski definition) is 1. The van der Waals surface area contributed by atoms with Gasteiger partial charge in [0.2, 0.25) is 0 Å². The minimum absolute atomic E-state index is 0.436. The Morgan fingerprint density at radius 1 is 1.67 bits per heavy atom. The number of hydrogen-bond acceptors (Lipinski definition) is 2. The minimum atomic E-state index is 0.436. The molecule has 3 heteroatoms. The molecule has 50 valence electrons. The van der Waals surface area contributed by atoms with Crippen molar-refractivity contribution in [3.63, 3.8) is 0 Å². The van der Waals surface area contributed by atoms with Gasteiger partial charge < -0.3 is 5.21 Å². The molecule has 0 unspecified atom stereocenters. The van der Waals surface area contributed by atoms with Crippen LogP contribution in [0.25, 0.3) is 0 Å². The molecule has 9 heavy (non-hydrogen) atoms. The van der Waals surface area contributed by atoms with Gasteiger partial charge in [-0.2, -0.15) is 0 Å². The van der Waals surface area contributed by atoms with Crippen LogP contribution in [-0.2, 0) is 0 Å². The Labute approximate surface area is 53.9 Å². The Kier molecular flexibility index (Phi) is 1.42. The van der Waals surface area contributed by atoms with Crippen LogP contribution in [0.5, 0.6) is 0 Å². The van der Waals surface area contributed by atoms with Gasteiger partial charge in [-0.15, -0.1) is 9.94 Å². The minimum Gasteiger partial charge on any atom is -0.412 e. The van der Waals surface area contributed by atoms with Gasteiger partial charge in [0, 0.05) is 0 Å². The molecule has 3 nitrogen and oxygen atoms in total. The number of aromatic nitrogens is 2. The van der Waals surface area contributed by atoms with Gasteiger partial charge in [-0.1, -0.05) is 13.8 Å². The van der Waals surface area contributed by atoms with Crippen LogP contribution in [0.2, 0.25) is 0 Å². The summed E-state index contributed by atoms with van der Waals surface area (Å²) in [5.74, 6) is 0.436. The van der Waals surface area contributed by atoms with Crippen molar-refractivity contribution in [1.82, 2.24) is 9.94 Å². The molecule has 0 aliphatic rings. The fourth-order valence-electron chi connectivity index (χ4n) is 0.624. The topological polar surface area (TPSA) is 38.0 Å². The largest absolute Gasteiger partial charge is 0.412 e. The molecular formula is C6H10N2O. The van der Waals surface area contributed by atoms with Crippen molar-refractivity contribution < 1.29 is 5.21 Å². The second-order valence-electron chi connectivity index (χ2n) is 2.35. The highest BCUT2D eigenvalue weighted by atomic mass is 16.5. The summed E-state index contributed by atoms with van der Waals surface area (Å²) in [5.41, 5.74) is 1.05. The van der Waals surface area contributed by atoms with Crippen LogP contribution in [0.15, 0.2) is 12.4 Å². The Balaban J connectivity index is 2.85. The summed E-state index contributed by atoms with van der Waals surface area (Å²) in [6.07, 6.45) is 3.26. The Morgan fingerprint density at radius 3 is 2.56 bits per heavy atom. The number of rotatable bonds is 1. The molecular weight excluding hydrogens is 116 g/mol. The van der Waals surface area contributed by atoms with E-state index in [0.717, 1.165) is 10.4 Å². The number of nitrogens with zero attached hydrogens (tertiary/aromatic N) is 2. The molecule has 0 radical (unpaired) electrons. The van der Waals surface area contributed by atoms with Crippen molar-refractivity contribution in [3.8, 4) is 0 Å². The lowest BCUT2D eigenvalue weighted by Gasteiger charge is -1.95. The second-order valence-corrected chi connectivity index (χ2v) is 2.35. The molecule has 1 aromatic heterocycles. The molecule has 0 amide bonds. The van der Waals surface area contributed by atoms with Crippen LogP contribution in [-0.4, -0.2) is 15.2 Å². The third-order valence-corrected chi connectivity index (χ3v) is 1.26. The highest BCUT2D eigenvalue weighted by molar-refractivity contribution is 5.07. The van der Waals surface area contributed by atoms with Gasteiger partial charge in [-0.3, -0.25) is 0 Å². The van der Waals surface area contributed by atoms with Gasteiger partial charge >= 0.3 is 0 Å². The van der Waals surface area contributed by atoms with E-state index in [2.05, 4.69) is 18.9 Å². The Hall–Kier alpha value is -0.990. The van der Waals surface area contributed by atoms with E-state index >= 15 is 0 Å². The Bertz CT molecular complexity index is 193. The molecule has 1 heterocycles. The maximum absolute atomic E-state index is 8.71. The van der Waals surface area contributed by atoms with Crippen molar-refractivity contribution in [2.24, 2.45) is 0 Å². The Morgan fingerprint density at radius 2 is 2.33 bits per heavy atom. The maximum Gasteiger partial charge on any atom is 0.0698 e. The molecule has 0 saturated heterocycles. The molecule has 0 atom stereocenters. The van der Waals surface area contributed by atoms with E-state index in [0.29, 0.717) is 5.92 Å². The van der Waals surface area contributed by atoms with Crippen LogP contribution >= 0.6 is 0 Å². The van der Waals surface area contributed by atoms with E-state index < -0.39 is 0 Å². The van der Waals surface area contributed by atoms with Gasteiger partial charge in [0.25, 0.3) is 0 Å². The lowest BCUT2D eigenvalue weighted by atomic mass is 10.1. The molecule has 1 aromatic rings. The predicted octanol–water partition coefficient (Wildman–Crippen LogP) is 1.24. The highest BCUT2D eigenvalue weighted by Gasteiger charge is 1.99. The molecule has 0 fully saturated rings. The van der Waals surface area contributed by atoms with Crippen LogP contribution in [0.3, 0.4) is 0 Å². The van der Waals surface area contributed by atoms with E-state index in [4.69, 9.17) is 5.21 Å². The van der Waals surface area contributed by atoms with Crippen molar-refractivity contribution in [2.45, 2.75) is 19.8 Å². The van der Waals surface area contributed by atoms with Gasteiger partial charge in [0.1, 0.15) is 0 Å². The van der Waals surface area contributed by atoms with Crippen LogP contribution < -0.4 is 0 Å². The first-order chi connectivity index (χ1) is 4.20. The maximum atomic E-state index is 8.71. The quantitative estimate of drug-likeness (QED) is 0.575. The second kappa shape index (κ2) is 2.09. The van der Waals surface area contributed by atoms with Crippen LogP contribution in [0.1, 0.15) is 25.3 Å². The van der Waals surface area contributed by atoms with E-state index in [9.17, 15) is 0 Å². The first-order valence-corrected chi connectivity index (χ1v) is 2.94. The first-order valence-electron chi connectivity index (χ1n) is 2.94. The lowest BCUT2D eigenvalue weighted by Crippen LogP contribution is -1.87. The zero-order chi connectivity index (χ0) is 6.85. The molecule has 0 bridgehead atoms. The zero-order valence-electron chi connectivity index (χ0n) is 5.57. The summed E-state index contributed by atoms with van der Waals surface area (Å²) in [6.45, 7) is 4.11. The molecule has 0 spiro atoms. The standard InChI is InChI=1S/C6H10N2O/c1-5(2)6-3-7-8(9)4-6/h3-5,9H,1-2H3. The molecule has 0 aromatic carbocycles. The third-order valence-electron chi connectivity index (χ3n) is 1.26. The van der Waals surface area contributed by atoms with E-state index in [1.54, 1.807) is 12.4 Å². The molecule has 1 N–H and O–H groups in total. The van der Waals surface area contributed by atoms with E-state index in [-0.39, 0.29) is 0 Å². The summed E-state index contributed by atoms with van der Waals surface area (Å²) in [7, 11) is 0. The normalized spacial score (nSPS) is 10.6. The van der Waals surface area contributed by atoms with Crippen molar-refractivity contribution in [2.75, 3.05) is 0 Å². The summed E-state index contributed by atoms with van der Waals surface area (Å²) >= 11 is 0. The average molecular weight is 126 g/mol. The highest BCUT2D eigenvalue weighted by Crippen LogP contribution is 2.10. The van der Waals surface area contributed by atoms with E-state index in [1.807, 2.05) is 0 Å². The fraction of sp³-hybridized carbons (Fsp3) is 0.500. The molecule has 0 aliphatic carbocycles.